The Labute approximate surface area is 105 Å². The Hall–Kier alpha value is -1.90. The number of allylic oxidation sites excluding steroid dienone is 3. The monoisotopic (exact) mass is 242 g/mol. The van der Waals surface area contributed by atoms with Gasteiger partial charge in [0.2, 0.25) is 0 Å². The Balaban J connectivity index is 2.19. The molecule has 2 atom stereocenters. The van der Waals surface area contributed by atoms with E-state index in [1.54, 1.807) is 6.08 Å². The van der Waals surface area contributed by atoms with Crippen LogP contribution in [0.1, 0.15) is 35.5 Å². The van der Waals surface area contributed by atoms with Crippen LogP contribution >= 0.6 is 0 Å². The lowest BCUT2D eigenvalue weighted by atomic mass is 9.62. The molecule has 0 aliphatic heterocycles. The number of rotatable bonds is 1. The van der Waals surface area contributed by atoms with Gasteiger partial charge < -0.3 is 4.42 Å². The fourth-order valence-corrected chi connectivity index (χ4v) is 2.87. The molecular formula is C15H14O3. The van der Waals surface area contributed by atoms with Gasteiger partial charge in [-0.3, -0.25) is 9.59 Å². The van der Waals surface area contributed by atoms with Crippen molar-refractivity contribution in [3.8, 4) is 0 Å². The summed E-state index contributed by atoms with van der Waals surface area (Å²) in [6.07, 6.45) is 8.43. The van der Waals surface area contributed by atoms with Crippen molar-refractivity contribution in [2.45, 2.75) is 20.3 Å². The van der Waals surface area contributed by atoms with Gasteiger partial charge in [0, 0.05) is 16.9 Å². The van der Waals surface area contributed by atoms with Gasteiger partial charge in [-0.1, -0.05) is 19.9 Å². The third kappa shape index (κ3) is 1.30. The Bertz CT molecular complexity index is 603. The van der Waals surface area contributed by atoms with Crippen LogP contribution in [-0.4, -0.2) is 12.1 Å². The summed E-state index contributed by atoms with van der Waals surface area (Å²) in [5.74, 6) is 0.821. The highest BCUT2D eigenvalue weighted by atomic mass is 16.3. The first-order valence-electron chi connectivity index (χ1n) is 6.06. The minimum atomic E-state index is -0.236. The Kier molecular flexibility index (Phi) is 2.21. The molecule has 0 saturated carbocycles. The predicted octanol–water partition coefficient (Wildman–Crippen LogP) is 2.81. The second-order valence-corrected chi connectivity index (χ2v) is 5.30. The smallest absolute Gasteiger partial charge is 0.159 e. The van der Waals surface area contributed by atoms with Crippen molar-refractivity contribution >= 4 is 18.1 Å². The molecule has 3 rings (SSSR count). The highest BCUT2D eigenvalue weighted by Gasteiger charge is 2.43. The van der Waals surface area contributed by atoms with E-state index in [1.165, 1.54) is 6.26 Å². The molecule has 3 heteroatoms. The summed E-state index contributed by atoms with van der Waals surface area (Å²) < 4.78 is 5.41. The number of ketones is 1. The number of aldehydes is 1. The highest BCUT2D eigenvalue weighted by Crippen LogP contribution is 2.47. The fourth-order valence-electron chi connectivity index (χ4n) is 2.87. The molecule has 0 spiro atoms. The Morgan fingerprint density at radius 3 is 2.94 bits per heavy atom. The van der Waals surface area contributed by atoms with Gasteiger partial charge in [-0.15, -0.1) is 0 Å². The van der Waals surface area contributed by atoms with Crippen molar-refractivity contribution in [3.63, 3.8) is 0 Å². The number of furan rings is 1. The van der Waals surface area contributed by atoms with Gasteiger partial charge in [-0.25, -0.2) is 0 Å². The maximum atomic E-state index is 11.9. The topological polar surface area (TPSA) is 47.3 Å². The lowest BCUT2D eigenvalue weighted by Crippen LogP contribution is -2.38. The maximum Gasteiger partial charge on any atom is 0.159 e. The molecule has 2 aliphatic rings. The van der Waals surface area contributed by atoms with E-state index >= 15 is 0 Å². The van der Waals surface area contributed by atoms with E-state index in [9.17, 15) is 9.59 Å². The lowest BCUT2D eigenvalue weighted by Gasteiger charge is -2.40. The van der Waals surface area contributed by atoms with Crippen molar-refractivity contribution in [2.24, 2.45) is 11.3 Å². The lowest BCUT2D eigenvalue weighted by molar-refractivity contribution is -0.120. The molecule has 0 saturated heterocycles. The average Bonchev–Trinajstić information content (AvgIpc) is 2.74. The number of fused-ring (bicyclic) bond motifs is 2. The summed E-state index contributed by atoms with van der Waals surface area (Å²) >= 11 is 0. The van der Waals surface area contributed by atoms with Crippen LogP contribution < -0.4 is 0 Å². The molecule has 2 aliphatic carbocycles. The van der Waals surface area contributed by atoms with E-state index in [0.717, 1.165) is 23.2 Å². The summed E-state index contributed by atoms with van der Waals surface area (Å²) in [4.78, 5) is 22.8. The van der Waals surface area contributed by atoms with E-state index < -0.39 is 0 Å². The SMILES string of the molecule is CC1C(=O)C=CC2=Cc3occ(C=O)c3CC21C. The summed E-state index contributed by atoms with van der Waals surface area (Å²) in [5.41, 5.74) is 2.39. The van der Waals surface area contributed by atoms with Crippen LogP contribution in [0.25, 0.3) is 6.08 Å². The van der Waals surface area contributed by atoms with Gasteiger partial charge in [-0.2, -0.15) is 0 Å². The molecule has 1 heterocycles. The standard InChI is InChI=1S/C15H14O3/c1-9-13(17)4-3-11-5-14-12(6-15(9,11)2)10(7-16)8-18-14/h3-5,7-9H,6H2,1-2H3. The number of hydrogen-bond acceptors (Lipinski definition) is 3. The van der Waals surface area contributed by atoms with Gasteiger partial charge in [0.1, 0.15) is 12.0 Å². The third-order valence-corrected chi connectivity index (χ3v) is 4.39. The van der Waals surface area contributed by atoms with Gasteiger partial charge in [0.15, 0.2) is 12.1 Å². The normalized spacial score (nSPS) is 29.6. The van der Waals surface area contributed by atoms with Crippen LogP contribution in [0.2, 0.25) is 0 Å². The summed E-state index contributed by atoms with van der Waals surface area (Å²) in [6.45, 7) is 4.03. The first kappa shape index (κ1) is 11.2. The van der Waals surface area contributed by atoms with Crippen LogP contribution in [0, 0.1) is 11.3 Å². The van der Waals surface area contributed by atoms with Crippen LogP contribution in [0.3, 0.4) is 0 Å². The molecule has 1 aromatic heterocycles. The number of hydrogen-bond donors (Lipinski definition) is 0. The van der Waals surface area contributed by atoms with E-state index in [1.807, 2.05) is 19.1 Å². The Morgan fingerprint density at radius 1 is 1.44 bits per heavy atom. The van der Waals surface area contributed by atoms with Crippen LogP contribution in [0.4, 0.5) is 0 Å². The first-order chi connectivity index (χ1) is 8.56. The van der Waals surface area contributed by atoms with E-state index in [2.05, 4.69) is 6.92 Å². The highest BCUT2D eigenvalue weighted by molar-refractivity contribution is 5.95. The molecule has 92 valence electrons. The second-order valence-electron chi connectivity index (χ2n) is 5.30. The molecule has 3 nitrogen and oxygen atoms in total. The van der Waals surface area contributed by atoms with Crippen molar-refractivity contribution < 1.29 is 14.0 Å². The summed E-state index contributed by atoms with van der Waals surface area (Å²) in [7, 11) is 0. The second kappa shape index (κ2) is 3.55. The molecule has 2 unspecified atom stereocenters. The minimum absolute atomic E-state index is 0.0729. The minimum Gasteiger partial charge on any atom is -0.464 e. The molecule has 1 aromatic rings. The van der Waals surface area contributed by atoms with Crippen molar-refractivity contribution in [2.75, 3.05) is 0 Å². The van der Waals surface area contributed by atoms with Gasteiger partial charge in [0.25, 0.3) is 0 Å². The first-order valence-corrected chi connectivity index (χ1v) is 6.06. The van der Waals surface area contributed by atoms with Crippen LogP contribution in [0.15, 0.2) is 28.4 Å². The maximum absolute atomic E-state index is 11.9. The van der Waals surface area contributed by atoms with Gasteiger partial charge in [-0.05, 0) is 24.1 Å². The van der Waals surface area contributed by atoms with Crippen LogP contribution in [0.5, 0.6) is 0 Å². The van der Waals surface area contributed by atoms with E-state index in [-0.39, 0.29) is 17.1 Å². The number of carbonyl (C=O) groups is 2. The molecule has 0 bridgehead atoms. The zero-order valence-corrected chi connectivity index (χ0v) is 10.4. The Morgan fingerprint density at radius 2 is 2.22 bits per heavy atom. The summed E-state index contributed by atoms with van der Waals surface area (Å²) in [6, 6.07) is 0. The molecular weight excluding hydrogens is 228 g/mol. The van der Waals surface area contributed by atoms with Gasteiger partial charge >= 0.3 is 0 Å². The molecule has 0 amide bonds. The third-order valence-electron chi connectivity index (χ3n) is 4.39. The zero-order chi connectivity index (χ0) is 12.9. The average molecular weight is 242 g/mol. The summed E-state index contributed by atoms with van der Waals surface area (Å²) in [5, 5.41) is 0. The van der Waals surface area contributed by atoms with Gasteiger partial charge in [0.05, 0.1) is 5.56 Å². The van der Waals surface area contributed by atoms with E-state index in [4.69, 9.17) is 4.42 Å². The number of carbonyl (C=O) groups excluding carboxylic acids is 2. The van der Waals surface area contributed by atoms with Crippen LogP contribution in [-0.2, 0) is 11.2 Å². The molecule has 0 radical (unpaired) electrons. The van der Waals surface area contributed by atoms with Crippen molar-refractivity contribution in [1.29, 1.82) is 0 Å². The molecule has 0 fully saturated rings. The molecule has 18 heavy (non-hydrogen) atoms. The molecule has 0 aromatic carbocycles. The quantitative estimate of drug-likeness (QED) is 0.711. The predicted molar refractivity (Wildman–Crippen MR) is 67.2 cm³/mol. The fraction of sp³-hybridized carbons (Fsp3) is 0.333. The molecule has 0 N–H and O–H groups in total. The van der Waals surface area contributed by atoms with E-state index in [0.29, 0.717) is 12.0 Å². The zero-order valence-electron chi connectivity index (χ0n) is 10.4. The largest absolute Gasteiger partial charge is 0.464 e. The van der Waals surface area contributed by atoms with Crippen molar-refractivity contribution in [3.05, 3.63) is 40.9 Å². The van der Waals surface area contributed by atoms with Crippen molar-refractivity contribution in [1.82, 2.24) is 0 Å².